The monoisotopic (exact) mass is 557 g/mol. The number of aryl methyl sites for hydroxylation is 1. The first-order valence-electron chi connectivity index (χ1n) is 12.8. The minimum absolute atomic E-state index is 0.130. The van der Waals surface area contributed by atoms with Gasteiger partial charge in [0.15, 0.2) is 0 Å². The predicted molar refractivity (Wildman–Crippen MR) is 145 cm³/mol. The van der Waals surface area contributed by atoms with E-state index in [-0.39, 0.29) is 16.8 Å². The number of alkyl halides is 3. The molecule has 1 aliphatic carbocycles. The molecule has 206 valence electrons. The lowest BCUT2D eigenvalue weighted by molar-refractivity contribution is -0.126. The van der Waals surface area contributed by atoms with Gasteiger partial charge in [0, 0.05) is 61.5 Å². The van der Waals surface area contributed by atoms with Gasteiger partial charge in [0.1, 0.15) is 17.0 Å². The fourth-order valence-electron chi connectivity index (χ4n) is 5.01. The number of hydrogen-bond donors (Lipinski definition) is 2. The molecule has 5 rings (SSSR count). The van der Waals surface area contributed by atoms with Gasteiger partial charge < -0.3 is 15.5 Å². The lowest BCUT2D eigenvalue weighted by Crippen LogP contribution is -2.33. The summed E-state index contributed by atoms with van der Waals surface area (Å²) in [6.45, 7) is 1.11. The molecule has 1 amide bonds. The molecule has 0 radical (unpaired) electrons. The van der Waals surface area contributed by atoms with E-state index < -0.39 is 12.6 Å². The molecule has 0 bridgehead atoms. The molecule has 1 fully saturated rings. The third-order valence-electron chi connectivity index (χ3n) is 7.04. The summed E-state index contributed by atoms with van der Waals surface area (Å²) in [5.41, 5.74) is 2.63. The quantitative estimate of drug-likeness (QED) is 0.313. The molecule has 4 aromatic rings. The number of carbonyl (C=O) groups excluding carboxylic acids is 1. The van der Waals surface area contributed by atoms with Crippen molar-refractivity contribution in [2.75, 3.05) is 11.9 Å². The summed E-state index contributed by atoms with van der Waals surface area (Å²) in [4.78, 5) is 24.0. The van der Waals surface area contributed by atoms with Gasteiger partial charge in [0.2, 0.25) is 0 Å². The molecule has 3 heterocycles. The smallest absolute Gasteiger partial charge is 0.356 e. The van der Waals surface area contributed by atoms with Gasteiger partial charge >= 0.3 is 6.18 Å². The molecule has 2 N–H and O–H groups in total. The zero-order chi connectivity index (χ0) is 27.6. The van der Waals surface area contributed by atoms with Crippen LogP contribution in [0.25, 0.3) is 10.2 Å². The highest BCUT2D eigenvalue weighted by Gasteiger charge is 2.31. The number of fused-ring (bicyclic) bond motifs is 1. The van der Waals surface area contributed by atoms with Crippen molar-refractivity contribution in [3.05, 3.63) is 70.6 Å². The summed E-state index contributed by atoms with van der Waals surface area (Å²) < 4.78 is 40.4. The number of anilines is 1. The minimum Gasteiger partial charge on any atom is -0.356 e. The van der Waals surface area contributed by atoms with Crippen LogP contribution in [0.15, 0.2) is 49.1 Å². The number of halogens is 3. The van der Waals surface area contributed by atoms with E-state index in [9.17, 15) is 18.0 Å². The average molecular weight is 558 g/mol. The Morgan fingerprint density at radius 3 is 2.67 bits per heavy atom. The highest BCUT2D eigenvalue weighted by Crippen LogP contribution is 2.35. The Kier molecular flexibility index (Phi) is 7.85. The molecular weight excluding hydrogens is 527 g/mol. The molecule has 39 heavy (non-hydrogen) atoms. The number of benzene rings is 1. The van der Waals surface area contributed by atoms with Gasteiger partial charge in [-0.3, -0.25) is 9.48 Å². The second-order valence-corrected chi connectivity index (χ2v) is 11.1. The lowest BCUT2D eigenvalue weighted by atomic mass is 10.1. The summed E-state index contributed by atoms with van der Waals surface area (Å²) in [6.07, 6.45) is 2.65. The normalized spacial score (nSPS) is 17.6. The first kappa shape index (κ1) is 27.1. The summed E-state index contributed by atoms with van der Waals surface area (Å²) >= 11 is 1.07. The molecule has 12 heteroatoms. The highest BCUT2D eigenvalue weighted by molar-refractivity contribution is 7.18. The number of rotatable bonds is 9. The van der Waals surface area contributed by atoms with Crippen molar-refractivity contribution in [2.45, 2.75) is 57.0 Å². The molecular formula is C27H30F3N7OS. The Balaban J connectivity index is 1.13. The van der Waals surface area contributed by atoms with Crippen LogP contribution in [0.1, 0.15) is 45.6 Å². The third kappa shape index (κ3) is 6.74. The molecule has 0 spiro atoms. The van der Waals surface area contributed by atoms with E-state index in [2.05, 4.69) is 30.6 Å². The van der Waals surface area contributed by atoms with Crippen molar-refractivity contribution in [3.8, 4) is 0 Å². The van der Waals surface area contributed by atoms with Gasteiger partial charge in [-0.05, 0) is 43.0 Å². The summed E-state index contributed by atoms with van der Waals surface area (Å²) in [5, 5.41) is 11.3. The second-order valence-electron chi connectivity index (χ2n) is 9.98. The molecule has 0 aliphatic heterocycles. The zero-order valence-electron chi connectivity index (χ0n) is 21.7. The summed E-state index contributed by atoms with van der Waals surface area (Å²) in [7, 11) is 3.79. The fourth-order valence-corrected chi connectivity index (χ4v) is 6.03. The molecule has 1 saturated carbocycles. The molecule has 0 unspecified atom stereocenters. The van der Waals surface area contributed by atoms with Crippen molar-refractivity contribution < 1.29 is 18.0 Å². The van der Waals surface area contributed by atoms with Gasteiger partial charge in [-0.15, -0.1) is 11.3 Å². The van der Waals surface area contributed by atoms with E-state index in [4.69, 9.17) is 0 Å². The maximum Gasteiger partial charge on any atom is 0.393 e. The van der Waals surface area contributed by atoms with Gasteiger partial charge in [0.05, 0.1) is 18.0 Å². The molecule has 8 nitrogen and oxygen atoms in total. The summed E-state index contributed by atoms with van der Waals surface area (Å²) in [5.74, 6) is 0.544. The molecule has 1 aromatic carbocycles. The van der Waals surface area contributed by atoms with Crippen LogP contribution in [-0.2, 0) is 26.6 Å². The predicted octanol–water partition coefficient (Wildman–Crippen LogP) is 4.61. The Labute approximate surface area is 228 Å². The van der Waals surface area contributed by atoms with Crippen molar-refractivity contribution >= 4 is 33.3 Å². The van der Waals surface area contributed by atoms with E-state index >= 15 is 0 Å². The first-order valence-corrected chi connectivity index (χ1v) is 13.6. The van der Waals surface area contributed by atoms with Gasteiger partial charge in [-0.25, -0.2) is 9.97 Å². The number of nitrogens with one attached hydrogen (secondary N) is 2. The average Bonchev–Trinajstić information content (AvgIpc) is 3.64. The molecule has 2 atom stereocenters. The van der Waals surface area contributed by atoms with Crippen LogP contribution in [0.3, 0.4) is 0 Å². The maximum absolute atomic E-state index is 12.9. The topological polar surface area (TPSA) is 88.0 Å². The lowest BCUT2D eigenvalue weighted by Gasteiger charge is -2.26. The standard InChI is InChI=1S/C27H30F3N7OS/c1-36-15-18(14-35-36)13-32-25(38)19-5-3-17(4-6-19)12-31-20-7-8-21(9-20)37(2)24-23-10-22(11-27(28,29)30)39-26(23)34-16-33-24/h3-6,10,14-16,20-21,31H,7-9,11-13H2,1-2H3,(H,32,38)/t20-,21+/m0/s1. The Hall–Kier alpha value is -3.51. The van der Waals surface area contributed by atoms with Gasteiger partial charge in [-0.1, -0.05) is 12.1 Å². The van der Waals surface area contributed by atoms with Gasteiger partial charge in [0.25, 0.3) is 5.91 Å². The van der Waals surface area contributed by atoms with E-state index in [1.54, 1.807) is 16.9 Å². The first-order chi connectivity index (χ1) is 18.6. The molecule has 3 aromatic heterocycles. The number of hydrogen-bond acceptors (Lipinski definition) is 7. The summed E-state index contributed by atoms with van der Waals surface area (Å²) in [6, 6.07) is 9.67. The zero-order valence-corrected chi connectivity index (χ0v) is 22.5. The van der Waals surface area contributed by atoms with Crippen molar-refractivity contribution in [3.63, 3.8) is 0 Å². The third-order valence-corrected chi connectivity index (χ3v) is 8.09. The van der Waals surface area contributed by atoms with Crippen LogP contribution in [0.5, 0.6) is 0 Å². The Morgan fingerprint density at radius 1 is 1.15 bits per heavy atom. The van der Waals surface area contributed by atoms with E-state index in [1.807, 2.05) is 44.6 Å². The van der Waals surface area contributed by atoms with Crippen LogP contribution in [0, 0.1) is 0 Å². The number of thiophene rings is 1. The number of aromatic nitrogens is 4. The Bertz CT molecular complexity index is 1430. The van der Waals surface area contributed by atoms with Gasteiger partial charge in [-0.2, -0.15) is 18.3 Å². The number of amides is 1. The van der Waals surface area contributed by atoms with Crippen LogP contribution >= 0.6 is 11.3 Å². The number of nitrogens with zero attached hydrogens (tertiary/aromatic N) is 5. The SMILES string of the molecule is CN(c1ncnc2sc(CC(F)(F)F)cc12)[C@@H]1CC[C@H](NCc2ccc(C(=O)NCc3cnn(C)c3)cc2)C1. The highest BCUT2D eigenvalue weighted by atomic mass is 32.1. The van der Waals surface area contributed by atoms with E-state index in [1.165, 1.54) is 6.33 Å². The number of carbonyl (C=O) groups is 1. The molecule has 1 aliphatic rings. The van der Waals surface area contributed by atoms with Crippen molar-refractivity contribution in [1.82, 2.24) is 30.4 Å². The Morgan fingerprint density at radius 2 is 1.95 bits per heavy atom. The minimum atomic E-state index is -4.25. The van der Waals surface area contributed by atoms with E-state index in [0.29, 0.717) is 40.7 Å². The molecule has 0 saturated heterocycles. The van der Waals surface area contributed by atoms with Crippen molar-refractivity contribution in [2.24, 2.45) is 7.05 Å². The van der Waals surface area contributed by atoms with Crippen LogP contribution in [0.4, 0.5) is 19.0 Å². The largest absolute Gasteiger partial charge is 0.393 e. The van der Waals surface area contributed by atoms with Crippen LogP contribution in [-0.4, -0.2) is 51.0 Å². The van der Waals surface area contributed by atoms with Crippen LogP contribution < -0.4 is 15.5 Å². The van der Waals surface area contributed by atoms with E-state index in [0.717, 1.165) is 41.7 Å². The van der Waals surface area contributed by atoms with Crippen LogP contribution in [0.2, 0.25) is 0 Å². The maximum atomic E-state index is 12.9. The van der Waals surface area contributed by atoms with Crippen molar-refractivity contribution in [1.29, 1.82) is 0 Å². The second kappa shape index (κ2) is 11.3. The fraction of sp³-hybridized carbons (Fsp3) is 0.407.